The van der Waals surface area contributed by atoms with Crippen molar-refractivity contribution in [3.05, 3.63) is 11.4 Å². The second-order valence-electron chi connectivity index (χ2n) is 3.82. The summed E-state index contributed by atoms with van der Waals surface area (Å²) in [6.07, 6.45) is 1.71. The van der Waals surface area contributed by atoms with Crippen LogP contribution in [0.1, 0.15) is 36.5 Å². The van der Waals surface area contributed by atoms with Crippen molar-refractivity contribution in [3.8, 4) is 0 Å². The number of H-pyrrole nitrogens is 1. The van der Waals surface area contributed by atoms with Gasteiger partial charge in [-0.1, -0.05) is 13.3 Å². The molecule has 1 aromatic heterocycles. The fourth-order valence-corrected chi connectivity index (χ4v) is 1.66. The quantitative estimate of drug-likeness (QED) is 0.670. The lowest BCUT2D eigenvalue weighted by molar-refractivity contribution is 0.0727. The maximum Gasteiger partial charge on any atom is 0.276 e. The first-order chi connectivity index (χ1) is 8.15. The van der Waals surface area contributed by atoms with Crippen LogP contribution in [-0.4, -0.2) is 45.8 Å². The smallest absolute Gasteiger partial charge is 0.276 e. The van der Waals surface area contributed by atoms with Crippen molar-refractivity contribution in [2.24, 2.45) is 0 Å². The van der Waals surface area contributed by atoms with Crippen molar-refractivity contribution >= 4 is 11.6 Å². The molecule has 0 aromatic carbocycles. The summed E-state index contributed by atoms with van der Waals surface area (Å²) in [4.78, 5) is 13.6. The van der Waals surface area contributed by atoms with Gasteiger partial charge >= 0.3 is 0 Å². The van der Waals surface area contributed by atoms with Crippen molar-refractivity contribution in [2.75, 3.05) is 25.4 Å². The third-order valence-electron chi connectivity index (χ3n) is 2.62. The van der Waals surface area contributed by atoms with E-state index in [2.05, 4.69) is 10.2 Å². The van der Waals surface area contributed by atoms with Crippen LogP contribution in [0.25, 0.3) is 0 Å². The lowest BCUT2D eigenvalue weighted by atomic mass is 10.2. The minimum Gasteiger partial charge on any atom is -0.395 e. The van der Waals surface area contributed by atoms with Crippen LogP contribution in [0.15, 0.2) is 0 Å². The number of hydrogen-bond acceptors (Lipinski definition) is 4. The zero-order valence-electron chi connectivity index (χ0n) is 10.4. The number of likely N-dealkylation sites (N-methyl/N-ethyl adjacent to an activating group) is 1. The van der Waals surface area contributed by atoms with Gasteiger partial charge in [0.1, 0.15) is 0 Å². The summed E-state index contributed by atoms with van der Waals surface area (Å²) in [7, 11) is 0. The van der Waals surface area contributed by atoms with Crippen molar-refractivity contribution < 1.29 is 9.90 Å². The van der Waals surface area contributed by atoms with E-state index in [1.165, 1.54) is 4.90 Å². The number of aromatic amines is 1. The molecule has 17 heavy (non-hydrogen) atoms. The van der Waals surface area contributed by atoms with Crippen molar-refractivity contribution in [2.45, 2.75) is 26.7 Å². The molecule has 0 aliphatic heterocycles. The standard InChI is InChI=1S/C11H20N4O2/c1-3-5-8-9(12)10(14-13-8)11(17)15(4-2)6-7-16/h16H,3-7,12H2,1-2H3,(H,13,14). The number of aliphatic hydroxyl groups excluding tert-OH is 1. The van der Waals surface area contributed by atoms with Gasteiger partial charge in [0.25, 0.3) is 5.91 Å². The fraction of sp³-hybridized carbons (Fsp3) is 0.636. The summed E-state index contributed by atoms with van der Waals surface area (Å²) in [6.45, 7) is 4.64. The highest BCUT2D eigenvalue weighted by Gasteiger charge is 2.21. The van der Waals surface area contributed by atoms with Gasteiger partial charge in [0.05, 0.1) is 18.0 Å². The molecule has 4 N–H and O–H groups in total. The van der Waals surface area contributed by atoms with E-state index in [0.717, 1.165) is 18.5 Å². The number of carbonyl (C=O) groups excluding carboxylic acids is 1. The number of rotatable bonds is 6. The Balaban J connectivity index is 2.88. The second kappa shape index (κ2) is 6.24. The van der Waals surface area contributed by atoms with Crippen LogP contribution in [0.3, 0.4) is 0 Å². The van der Waals surface area contributed by atoms with Gasteiger partial charge in [0.2, 0.25) is 0 Å². The van der Waals surface area contributed by atoms with Crippen LogP contribution in [0.2, 0.25) is 0 Å². The third-order valence-corrected chi connectivity index (χ3v) is 2.62. The number of aryl methyl sites for hydroxylation is 1. The number of aliphatic hydroxyl groups is 1. The maximum atomic E-state index is 12.1. The fourth-order valence-electron chi connectivity index (χ4n) is 1.66. The molecule has 1 amide bonds. The second-order valence-corrected chi connectivity index (χ2v) is 3.82. The van der Waals surface area contributed by atoms with E-state index in [9.17, 15) is 4.79 Å². The van der Waals surface area contributed by atoms with Crippen LogP contribution < -0.4 is 5.73 Å². The first-order valence-corrected chi connectivity index (χ1v) is 5.88. The number of amides is 1. The molecule has 1 heterocycles. The van der Waals surface area contributed by atoms with E-state index in [0.29, 0.717) is 18.8 Å². The SMILES string of the molecule is CCCc1[nH]nc(C(=O)N(CC)CCO)c1N. The monoisotopic (exact) mass is 240 g/mol. The number of nitrogens with two attached hydrogens (primary N) is 1. The van der Waals surface area contributed by atoms with Gasteiger partial charge in [0, 0.05) is 13.1 Å². The van der Waals surface area contributed by atoms with E-state index in [1.807, 2.05) is 13.8 Å². The number of nitrogens with one attached hydrogen (secondary N) is 1. The zero-order valence-corrected chi connectivity index (χ0v) is 10.4. The highest BCUT2D eigenvalue weighted by molar-refractivity contribution is 5.97. The minimum absolute atomic E-state index is 0.0638. The van der Waals surface area contributed by atoms with Gasteiger partial charge in [-0.3, -0.25) is 9.89 Å². The Morgan fingerprint density at radius 2 is 2.24 bits per heavy atom. The molecule has 1 aromatic rings. The van der Waals surface area contributed by atoms with Gasteiger partial charge in [-0.05, 0) is 13.3 Å². The van der Waals surface area contributed by atoms with Gasteiger partial charge in [-0.2, -0.15) is 5.10 Å². The van der Waals surface area contributed by atoms with Crippen molar-refractivity contribution in [1.29, 1.82) is 0 Å². The Kier molecular flexibility index (Phi) is 4.96. The number of nitrogens with zero attached hydrogens (tertiary/aromatic N) is 2. The van der Waals surface area contributed by atoms with Gasteiger partial charge in [-0.15, -0.1) is 0 Å². The lowest BCUT2D eigenvalue weighted by Crippen LogP contribution is -2.34. The molecule has 0 radical (unpaired) electrons. The van der Waals surface area contributed by atoms with Crippen molar-refractivity contribution in [1.82, 2.24) is 15.1 Å². The predicted octanol–water partition coefficient (Wildman–Crippen LogP) is 0.399. The molecule has 0 aliphatic rings. The van der Waals surface area contributed by atoms with Gasteiger partial charge in [-0.25, -0.2) is 0 Å². The predicted molar refractivity (Wildman–Crippen MR) is 65.7 cm³/mol. The number of nitrogen functional groups attached to an aromatic ring is 1. The molecule has 0 fully saturated rings. The molecule has 0 saturated carbocycles. The Hall–Kier alpha value is -1.56. The molecular formula is C11H20N4O2. The number of hydrogen-bond donors (Lipinski definition) is 3. The Labute approximate surface area is 101 Å². The highest BCUT2D eigenvalue weighted by atomic mass is 16.3. The molecule has 0 unspecified atom stereocenters. The minimum atomic E-state index is -0.238. The molecule has 6 nitrogen and oxygen atoms in total. The molecule has 0 bridgehead atoms. The zero-order chi connectivity index (χ0) is 12.8. The Morgan fingerprint density at radius 3 is 2.76 bits per heavy atom. The van der Waals surface area contributed by atoms with Gasteiger partial charge in [0.15, 0.2) is 5.69 Å². The largest absolute Gasteiger partial charge is 0.395 e. The molecule has 0 spiro atoms. The molecule has 0 aliphatic carbocycles. The number of anilines is 1. The molecule has 0 atom stereocenters. The molecular weight excluding hydrogens is 220 g/mol. The van der Waals surface area contributed by atoms with E-state index < -0.39 is 0 Å². The van der Waals surface area contributed by atoms with Crippen LogP contribution in [0, 0.1) is 0 Å². The summed E-state index contributed by atoms with van der Waals surface area (Å²) in [6, 6.07) is 0. The normalized spacial score (nSPS) is 10.5. The topological polar surface area (TPSA) is 95.2 Å². The Bertz CT molecular complexity index is 376. The van der Waals surface area contributed by atoms with Crippen LogP contribution in [-0.2, 0) is 6.42 Å². The third kappa shape index (κ3) is 2.97. The molecule has 96 valence electrons. The van der Waals surface area contributed by atoms with E-state index in [1.54, 1.807) is 0 Å². The van der Waals surface area contributed by atoms with Gasteiger partial charge < -0.3 is 15.7 Å². The summed E-state index contributed by atoms with van der Waals surface area (Å²) in [5.41, 5.74) is 7.35. The van der Waals surface area contributed by atoms with E-state index in [-0.39, 0.29) is 18.2 Å². The molecule has 0 saturated heterocycles. The van der Waals surface area contributed by atoms with E-state index >= 15 is 0 Å². The summed E-state index contributed by atoms with van der Waals surface area (Å²) < 4.78 is 0. The first-order valence-electron chi connectivity index (χ1n) is 5.88. The highest BCUT2D eigenvalue weighted by Crippen LogP contribution is 2.17. The number of aromatic nitrogens is 2. The average Bonchev–Trinajstić information content (AvgIpc) is 2.68. The summed E-state index contributed by atoms with van der Waals surface area (Å²) in [5, 5.41) is 15.6. The maximum absolute atomic E-state index is 12.1. The molecule has 1 rings (SSSR count). The lowest BCUT2D eigenvalue weighted by Gasteiger charge is -2.18. The average molecular weight is 240 g/mol. The van der Waals surface area contributed by atoms with E-state index in [4.69, 9.17) is 10.8 Å². The van der Waals surface area contributed by atoms with Crippen LogP contribution in [0.4, 0.5) is 5.69 Å². The van der Waals surface area contributed by atoms with Crippen LogP contribution in [0.5, 0.6) is 0 Å². The summed E-state index contributed by atoms with van der Waals surface area (Å²) in [5.74, 6) is -0.238. The van der Waals surface area contributed by atoms with Crippen LogP contribution >= 0.6 is 0 Å². The first kappa shape index (κ1) is 13.5. The molecule has 6 heteroatoms. The summed E-state index contributed by atoms with van der Waals surface area (Å²) >= 11 is 0. The Morgan fingerprint density at radius 1 is 1.53 bits per heavy atom. The van der Waals surface area contributed by atoms with Crippen molar-refractivity contribution in [3.63, 3.8) is 0 Å². The number of carbonyl (C=O) groups is 1.